The molecule has 0 aliphatic carbocycles. The second kappa shape index (κ2) is 16.7. The largest absolute Gasteiger partial charge is 0.497 e. The Morgan fingerprint density at radius 2 is 1.63 bits per heavy atom. The molecule has 1 rings (SSSR count). The van der Waals surface area contributed by atoms with Gasteiger partial charge in [-0.1, -0.05) is 71.1 Å². The summed E-state index contributed by atoms with van der Waals surface area (Å²) >= 11 is 0. The topological polar surface area (TPSA) is 74.2 Å². The first-order chi connectivity index (χ1) is 19.0. The highest BCUT2D eigenvalue weighted by atomic mass is 28.4. The van der Waals surface area contributed by atoms with Crippen LogP contribution in [0.5, 0.6) is 11.5 Å². The fourth-order valence-electron chi connectivity index (χ4n) is 4.33. The van der Waals surface area contributed by atoms with E-state index in [-0.39, 0.29) is 30.3 Å². The van der Waals surface area contributed by atoms with E-state index in [2.05, 4.69) is 79.9 Å². The van der Waals surface area contributed by atoms with E-state index in [1.807, 2.05) is 6.92 Å². The van der Waals surface area contributed by atoms with E-state index in [4.69, 9.17) is 18.6 Å². The molecule has 0 amide bonds. The SMILES string of the molecule is C=C(/C=C(\C)[C@@H](CC)O[Si](C)(C)C(C)(C)C)C[C@H](C)/C=C(\C)CC(=C)C(CC(=O)O)OCOc1ccc(OC)cc1. The minimum atomic E-state index is -1.87. The van der Waals surface area contributed by atoms with E-state index < -0.39 is 20.4 Å². The lowest BCUT2D eigenvalue weighted by molar-refractivity contribution is -0.140. The Kier molecular flexibility index (Phi) is 14.9. The predicted molar refractivity (Wildman–Crippen MR) is 172 cm³/mol. The molecule has 1 aromatic carbocycles. The average molecular weight is 587 g/mol. The Labute approximate surface area is 250 Å². The van der Waals surface area contributed by atoms with Gasteiger partial charge in [0.25, 0.3) is 0 Å². The highest BCUT2D eigenvalue weighted by Crippen LogP contribution is 2.38. The molecule has 0 aliphatic heterocycles. The van der Waals surface area contributed by atoms with Crippen LogP contribution >= 0.6 is 0 Å². The van der Waals surface area contributed by atoms with Crippen LogP contribution in [-0.2, 0) is 14.0 Å². The summed E-state index contributed by atoms with van der Waals surface area (Å²) in [6.45, 7) is 28.3. The molecule has 0 heterocycles. The van der Waals surface area contributed by atoms with Gasteiger partial charge in [0.15, 0.2) is 15.1 Å². The molecule has 0 saturated heterocycles. The number of benzene rings is 1. The Bertz CT molecular complexity index is 1060. The lowest BCUT2D eigenvalue weighted by atomic mass is 9.94. The molecule has 0 bridgehead atoms. The zero-order valence-electron chi connectivity index (χ0n) is 27.1. The number of hydrogen-bond acceptors (Lipinski definition) is 5. The van der Waals surface area contributed by atoms with Gasteiger partial charge in [0, 0.05) is 0 Å². The van der Waals surface area contributed by atoms with Gasteiger partial charge in [-0.25, -0.2) is 0 Å². The molecule has 1 aromatic rings. The molecule has 0 saturated carbocycles. The van der Waals surface area contributed by atoms with Gasteiger partial charge < -0.3 is 23.7 Å². The number of allylic oxidation sites excluding steroid dienone is 4. The molecule has 0 fully saturated rings. The summed E-state index contributed by atoms with van der Waals surface area (Å²) < 4.78 is 23.2. The Morgan fingerprint density at radius 1 is 1.05 bits per heavy atom. The van der Waals surface area contributed by atoms with Gasteiger partial charge in [0.05, 0.1) is 25.7 Å². The summed E-state index contributed by atoms with van der Waals surface area (Å²) in [7, 11) is -0.271. The first-order valence-electron chi connectivity index (χ1n) is 14.5. The molecule has 0 radical (unpaired) electrons. The third kappa shape index (κ3) is 13.3. The van der Waals surface area contributed by atoms with Gasteiger partial charge >= 0.3 is 5.97 Å². The maximum atomic E-state index is 11.5. The van der Waals surface area contributed by atoms with Crippen LogP contribution < -0.4 is 9.47 Å². The van der Waals surface area contributed by atoms with Gasteiger partial charge in [-0.05, 0) is 92.6 Å². The van der Waals surface area contributed by atoms with Gasteiger partial charge in [-0.3, -0.25) is 4.79 Å². The smallest absolute Gasteiger partial charge is 0.306 e. The molecule has 41 heavy (non-hydrogen) atoms. The Morgan fingerprint density at radius 3 is 2.15 bits per heavy atom. The summed E-state index contributed by atoms with van der Waals surface area (Å²) in [4.78, 5) is 11.5. The van der Waals surface area contributed by atoms with Crippen molar-refractivity contribution in [3.05, 3.63) is 71.9 Å². The van der Waals surface area contributed by atoms with Crippen molar-refractivity contribution >= 4 is 14.3 Å². The molecule has 0 aliphatic rings. The lowest BCUT2D eigenvalue weighted by Gasteiger charge is -2.39. The summed E-state index contributed by atoms with van der Waals surface area (Å²) in [5, 5.41) is 9.57. The number of ether oxygens (including phenoxy) is 3. The van der Waals surface area contributed by atoms with Crippen molar-refractivity contribution < 1.29 is 28.5 Å². The zero-order chi connectivity index (χ0) is 31.4. The highest BCUT2D eigenvalue weighted by Gasteiger charge is 2.39. The van der Waals surface area contributed by atoms with E-state index in [1.165, 1.54) is 5.57 Å². The van der Waals surface area contributed by atoms with Gasteiger partial charge in [-0.15, -0.1) is 0 Å². The molecule has 0 spiro atoms. The second-order valence-electron chi connectivity index (χ2n) is 12.5. The van der Waals surface area contributed by atoms with Crippen molar-refractivity contribution in [2.45, 2.75) is 104 Å². The standard InChI is InChI=1S/C34H54O6Si/c1-13-31(40-41(11,12)34(7,8)9)27(5)20-25(3)18-24(2)19-26(4)21-28(6)32(22-33(35)36)39-23-38-30-16-14-29(37-10)15-17-30/h14-17,19-20,24,31-32H,3,6,13,18,21-23H2,1-2,4-5,7-12H3,(H,35,36)/b26-19+,27-20+/t24-,31+,32?/m0/s1. The van der Waals surface area contributed by atoms with Crippen LogP contribution in [-0.4, -0.2) is 45.5 Å². The molecule has 3 atom stereocenters. The van der Waals surface area contributed by atoms with Crippen LogP contribution in [0.15, 0.2) is 71.9 Å². The maximum Gasteiger partial charge on any atom is 0.306 e. The number of methoxy groups -OCH3 is 1. The predicted octanol–water partition coefficient (Wildman–Crippen LogP) is 9.11. The number of aliphatic carboxylic acids is 1. The van der Waals surface area contributed by atoms with Crippen molar-refractivity contribution in [1.29, 1.82) is 0 Å². The second-order valence-corrected chi connectivity index (χ2v) is 17.3. The van der Waals surface area contributed by atoms with E-state index in [1.54, 1.807) is 31.4 Å². The van der Waals surface area contributed by atoms with Crippen molar-refractivity contribution in [3.63, 3.8) is 0 Å². The van der Waals surface area contributed by atoms with E-state index in [0.717, 1.165) is 29.7 Å². The molecule has 6 nitrogen and oxygen atoms in total. The molecule has 1 N–H and O–H groups in total. The first kappa shape index (κ1) is 36.4. The van der Waals surface area contributed by atoms with Crippen LogP contribution in [0.2, 0.25) is 18.1 Å². The van der Waals surface area contributed by atoms with Gasteiger partial charge in [0.2, 0.25) is 0 Å². The number of hydrogen-bond donors (Lipinski definition) is 1. The third-order valence-corrected chi connectivity index (χ3v) is 12.1. The molecule has 230 valence electrons. The Balaban J connectivity index is 2.74. The quantitative estimate of drug-likeness (QED) is 0.0800. The minimum absolute atomic E-state index is 0.0775. The summed E-state index contributed by atoms with van der Waals surface area (Å²) in [5.41, 5.74) is 4.10. The van der Waals surface area contributed by atoms with Crippen LogP contribution in [0.1, 0.15) is 74.1 Å². The normalized spacial score (nSPS) is 15.2. The average Bonchev–Trinajstić information content (AvgIpc) is 2.85. The van der Waals surface area contributed by atoms with E-state index in [9.17, 15) is 9.90 Å². The first-order valence-corrected chi connectivity index (χ1v) is 17.4. The van der Waals surface area contributed by atoms with Crippen molar-refractivity contribution in [1.82, 2.24) is 0 Å². The van der Waals surface area contributed by atoms with Crippen LogP contribution in [0.3, 0.4) is 0 Å². The summed E-state index contributed by atoms with van der Waals surface area (Å²) in [5.74, 6) is 0.647. The maximum absolute atomic E-state index is 11.5. The fourth-order valence-corrected chi connectivity index (χ4v) is 5.75. The fraction of sp³-hybridized carbons (Fsp3) is 0.559. The molecular weight excluding hydrogens is 532 g/mol. The number of carbonyl (C=O) groups is 1. The Hall–Kier alpha value is -2.61. The molecular formula is C34H54O6Si. The lowest BCUT2D eigenvalue weighted by Crippen LogP contribution is -2.44. The van der Waals surface area contributed by atoms with Gasteiger partial charge in [-0.2, -0.15) is 0 Å². The highest BCUT2D eigenvalue weighted by molar-refractivity contribution is 6.74. The van der Waals surface area contributed by atoms with E-state index >= 15 is 0 Å². The van der Waals surface area contributed by atoms with Crippen molar-refractivity contribution in [3.8, 4) is 11.5 Å². The summed E-state index contributed by atoms with van der Waals surface area (Å²) in [6, 6.07) is 7.11. The van der Waals surface area contributed by atoms with Crippen molar-refractivity contribution in [2.24, 2.45) is 5.92 Å². The molecule has 0 aromatic heterocycles. The minimum Gasteiger partial charge on any atom is -0.497 e. The zero-order valence-corrected chi connectivity index (χ0v) is 28.1. The summed E-state index contributed by atoms with van der Waals surface area (Å²) in [6.07, 6.45) is 5.95. The van der Waals surface area contributed by atoms with Crippen LogP contribution in [0, 0.1) is 5.92 Å². The number of carboxylic acids is 1. The van der Waals surface area contributed by atoms with Crippen molar-refractivity contribution in [2.75, 3.05) is 13.9 Å². The van der Waals surface area contributed by atoms with Gasteiger partial charge in [0.1, 0.15) is 11.5 Å². The molecule has 7 heteroatoms. The van der Waals surface area contributed by atoms with Crippen LogP contribution in [0.4, 0.5) is 0 Å². The molecule has 1 unspecified atom stereocenters. The monoisotopic (exact) mass is 586 g/mol. The third-order valence-electron chi connectivity index (χ3n) is 7.58. The van der Waals surface area contributed by atoms with Crippen LogP contribution in [0.25, 0.3) is 0 Å². The number of carboxylic acid groups (broad SMARTS) is 1. The number of rotatable bonds is 18. The van der Waals surface area contributed by atoms with E-state index in [0.29, 0.717) is 17.7 Å².